The van der Waals surface area contributed by atoms with Crippen molar-refractivity contribution in [3.63, 3.8) is 0 Å². The zero-order chi connectivity index (χ0) is 19.6. The minimum absolute atomic E-state index is 0. The molecule has 1 amide bonds. The van der Waals surface area contributed by atoms with Gasteiger partial charge in [-0.25, -0.2) is 4.39 Å². The van der Waals surface area contributed by atoms with Crippen LogP contribution in [0.5, 0.6) is 0 Å². The van der Waals surface area contributed by atoms with Crippen molar-refractivity contribution in [1.82, 2.24) is 15.5 Å². The number of hydrogen-bond acceptors (Lipinski definition) is 2. The molecule has 0 saturated carbocycles. The van der Waals surface area contributed by atoms with Crippen LogP contribution in [0.25, 0.3) is 0 Å². The summed E-state index contributed by atoms with van der Waals surface area (Å²) in [6.45, 7) is 1.63. The van der Waals surface area contributed by atoms with Gasteiger partial charge in [-0.2, -0.15) is 0 Å². The van der Waals surface area contributed by atoms with Crippen molar-refractivity contribution in [2.45, 2.75) is 13.0 Å². The average Bonchev–Trinajstić information content (AvgIpc) is 2.61. The first-order chi connectivity index (χ1) is 13.0. The van der Waals surface area contributed by atoms with E-state index in [1.54, 1.807) is 19.2 Å². The van der Waals surface area contributed by atoms with Crippen molar-refractivity contribution in [1.29, 1.82) is 0 Å². The van der Waals surface area contributed by atoms with E-state index >= 15 is 0 Å². The number of amides is 1. The van der Waals surface area contributed by atoms with E-state index in [0.717, 1.165) is 5.56 Å². The molecule has 2 aromatic rings. The Balaban J connectivity index is 0.00000392. The Morgan fingerprint density at radius 3 is 2.46 bits per heavy atom. The molecule has 0 aliphatic heterocycles. The highest BCUT2D eigenvalue weighted by Crippen LogP contribution is 2.12. The van der Waals surface area contributed by atoms with E-state index in [-0.39, 0.29) is 42.1 Å². The maximum Gasteiger partial charge on any atom is 0.224 e. The number of nitrogens with one attached hydrogen (secondary N) is 2. The van der Waals surface area contributed by atoms with Crippen LogP contribution in [0.1, 0.15) is 11.1 Å². The molecule has 0 spiro atoms. The van der Waals surface area contributed by atoms with Crippen LogP contribution in [0, 0.1) is 5.82 Å². The molecule has 0 saturated heterocycles. The summed E-state index contributed by atoms with van der Waals surface area (Å²) >= 11 is 6.02. The van der Waals surface area contributed by atoms with Crippen LogP contribution in [-0.2, 0) is 17.8 Å². The summed E-state index contributed by atoms with van der Waals surface area (Å²) in [5.74, 6) is 0.229. The first kappa shape index (κ1) is 24.2. The van der Waals surface area contributed by atoms with Gasteiger partial charge in [0, 0.05) is 38.8 Å². The molecule has 0 bridgehead atoms. The molecule has 0 fully saturated rings. The fraction of sp³-hybridized carbons (Fsp3) is 0.300. The Bertz CT molecular complexity index is 803. The zero-order valence-electron chi connectivity index (χ0n) is 15.9. The highest BCUT2D eigenvalue weighted by atomic mass is 127. The predicted octanol–water partition coefficient (Wildman–Crippen LogP) is 3.46. The second-order valence-corrected chi connectivity index (χ2v) is 6.55. The number of carbonyl (C=O) groups excluding carboxylic acids is 1. The molecule has 0 heterocycles. The summed E-state index contributed by atoms with van der Waals surface area (Å²) in [5, 5.41) is 6.71. The molecule has 2 N–H and O–H groups in total. The maximum atomic E-state index is 13.1. The van der Waals surface area contributed by atoms with Crippen molar-refractivity contribution in [3.8, 4) is 0 Å². The summed E-state index contributed by atoms with van der Waals surface area (Å²) in [4.78, 5) is 18.1. The third-order valence-electron chi connectivity index (χ3n) is 3.87. The Morgan fingerprint density at radius 1 is 1.11 bits per heavy atom. The molecule has 2 rings (SSSR count). The highest BCUT2D eigenvalue weighted by Gasteiger charge is 2.08. The number of carbonyl (C=O) groups is 1. The quantitative estimate of drug-likeness (QED) is 0.255. The number of aliphatic imine (C=N–C) groups is 1. The molecule has 0 atom stereocenters. The Morgan fingerprint density at radius 2 is 1.79 bits per heavy atom. The molecule has 152 valence electrons. The topological polar surface area (TPSA) is 56.7 Å². The Kier molecular flexibility index (Phi) is 10.8. The minimum Gasteiger partial charge on any atom is -0.354 e. The van der Waals surface area contributed by atoms with E-state index in [0.29, 0.717) is 36.2 Å². The SMILES string of the molecule is CN=C(NCCNC(=O)Cc1cccc(F)c1)N(C)Cc1cccc(Cl)c1.I. The standard InChI is InChI=1S/C20H24ClFN4O.HI/c1-23-20(26(2)14-16-6-3-7-17(21)11-16)25-10-9-24-19(27)13-15-5-4-8-18(22)12-15;/h3-8,11-12H,9-10,13-14H2,1-2H3,(H,23,25)(H,24,27);1H. The van der Waals surface area contributed by atoms with Crippen molar-refractivity contribution in [2.24, 2.45) is 4.99 Å². The van der Waals surface area contributed by atoms with Gasteiger partial charge in [-0.1, -0.05) is 35.9 Å². The summed E-state index contributed by atoms with van der Waals surface area (Å²) in [5.41, 5.74) is 1.73. The van der Waals surface area contributed by atoms with Gasteiger partial charge in [0.15, 0.2) is 5.96 Å². The second-order valence-electron chi connectivity index (χ2n) is 6.12. The second kappa shape index (κ2) is 12.6. The third kappa shape index (κ3) is 8.43. The lowest BCUT2D eigenvalue weighted by atomic mass is 10.1. The van der Waals surface area contributed by atoms with Gasteiger partial charge in [-0.05, 0) is 35.4 Å². The smallest absolute Gasteiger partial charge is 0.224 e. The number of benzene rings is 2. The highest BCUT2D eigenvalue weighted by molar-refractivity contribution is 14.0. The van der Waals surface area contributed by atoms with Gasteiger partial charge in [0.2, 0.25) is 5.91 Å². The van der Waals surface area contributed by atoms with Crippen LogP contribution < -0.4 is 10.6 Å². The summed E-state index contributed by atoms with van der Waals surface area (Å²) in [7, 11) is 3.64. The lowest BCUT2D eigenvalue weighted by Gasteiger charge is -2.22. The number of rotatable bonds is 7. The van der Waals surface area contributed by atoms with E-state index in [2.05, 4.69) is 15.6 Å². The van der Waals surface area contributed by atoms with Crippen molar-refractivity contribution >= 4 is 47.4 Å². The van der Waals surface area contributed by atoms with Crippen LogP contribution in [-0.4, -0.2) is 44.0 Å². The molecule has 5 nitrogen and oxygen atoms in total. The van der Waals surface area contributed by atoms with Crippen LogP contribution in [0.3, 0.4) is 0 Å². The molecule has 0 aromatic heterocycles. The molecule has 0 aliphatic carbocycles. The zero-order valence-corrected chi connectivity index (χ0v) is 19.0. The maximum absolute atomic E-state index is 13.1. The van der Waals surface area contributed by atoms with E-state index < -0.39 is 0 Å². The van der Waals surface area contributed by atoms with Crippen LogP contribution in [0.4, 0.5) is 4.39 Å². The van der Waals surface area contributed by atoms with Crippen molar-refractivity contribution < 1.29 is 9.18 Å². The lowest BCUT2D eigenvalue weighted by Crippen LogP contribution is -2.42. The summed E-state index contributed by atoms with van der Waals surface area (Å²) in [6.07, 6.45) is 0.154. The van der Waals surface area contributed by atoms with E-state index in [1.807, 2.05) is 36.2 Å². The van der Waals surface area contributed by atoms with Gasteiger partial charge in [-0.3, -0.25) is 9.79 Å². The molecular weight excluding hydrogens is 494 g/mol. The van der Waals surface area contributed by atoms with Crippen LogP contribution in [0.15, 0.2) is 53.5 Å². The largest absolute Gasteiger partial charge is 0.354 e. The van der Waals surface area contributed by atoms with Gasteiger partial charge >= 0.3 is 0 Å². The fourth-order valence-electron chi connectivity index (χ4n) is 2.64. The first-order valence-corrected chi connectivity index (χ1v) is 9.03. The van der Waals surface area contributed by atoms with Crippen LogP contribution >= 0.6 is 35.6 Å². The monoisotopic (exact) mass is 518 g/mol. The summed E-state index contributed by atoms with van der Waals surface area (Å²) < 4.78 is 13.1. The average molecular weight is 519 g/mol. The summed E-state index contributed by atoms with van der Waals surface area (Å²) in [6, 6.07) is 13.7. The first-order valence-electron chi connectivity index (χ1n) is 8.65. The number of halogens is 3. The Labute approximate surface area is 187 Å². The normalized spacial score (nSPS) is 10.8. The number of hydrogen-bond donors (Lipinski definition) is 2. The van der Waals surface area contributed by atoms with Gasteiger partial charge in [0.05, 0.1) is 6.42 Å². The molecular formula is C20H25ClFIN4O. The van der Waals surface area contributed by atoms with Crippen molar-refractivity contribution in [2.75, 3.05) is 27.2 Å². The molecule has 0 unspecified atom stereocenters. The van der Waals surface area contributed by atoms with Crippen LogP contribution in [0.2, 0.25) is 5.02 Å². The predicted molar refractivity (Wildman–Crippen MR) is 123 cm³/mol. The molecule has 2 aromatic carbocycles. The minimum atomic E-state index is -0.339. The molecule has 28 heavy (non-hydrogen) atoms. The third-order valence-corrected chi connectivity index (χ3v) is 4.10. The number of nitrogens with zero attached hydrogens (tertiary/aromatic N) is 2. The Hall–Kier alpha value is -1.87. The fourth-order valence-corrected chi connectivity index (χ4v) is 2.85. The number of guanidine groups is 1. The van der Waals surface area contributed by atoms with Gasteiger partial charge in [-0.15, -0.1) is 24.0 Å². The van der Waals surface area contributed by atoms with E-state index in [9.17, 15) is 9.18 Å². The van der Waals surface area contributed by atoms with Gasteiger partial charge in [0.25, 0.3) is 0 Å². The van der Waals surface area contributed by atoms with E-state index in [4.69, 9.17) is 11.6 Å². The van der Waals surface area contributed by atoms with Gasteiger partial charge < -0.3 is 15.5 Å². The lowest BCUT2D eigenvalue weighted by molar-refractivity contribution is -0.120. The molecule has 0 radical (unpaired) electrons. The van der Waals surface area contributed by atoms with Crippen molar-refractivity contribution in [3.05, 3.63) is 70.5 Å². The molecule has 8 heteroatoms. The van der Waals surface area contributed by atoms with E-state index in [1.165, 1.54) is 12.1 Å². The van der Waals surface area contributed by atoms with Gasteiger partial charge in [0.1, 0.15) is 5.82 Å². The molecule has 0 aliphatic rings.